The SMILES string of the molecule is COc1cccc(C(N)Cn2cnc3ccccc32)c1. The summed E-state index contributed by atoms with van der Waals surface area (Å²) < 4.78 is 7.32. The molecule has 0 aliphatic rings. The molecule has 1 heterocycles. The first kappa shape index (κ1) is 12.7. The Morgan fingerprint density at radius 3 is 2.90 bits per heavy atom. The molecule has 20 heavy (non-hydrogen) atoms. The third-order valence-electron chi connectivity index (χ3n) is 3.44. The van der Waals surface area contributed by atoms with E-state index in [9.17, 15) is 0 Å². The fourth-order valence-electron chi connectivity index (χ4n) is 2.35. The first-order chi connectivity index (χ1) is 9.78. The third kappa shape index (κ3) is 2.38. The number of rotatable bonds is 4. The van der Waals surface area contributed by atoms with Gasteiger partial charge in [0.1, 0.15) is 5.75 Å². The zero-order valence-corrected chi connectivity index (χ0v) is 11.4. The Labute approximate surface area is 117 Å². The summed E-state index contributed by atoms with van der Waals surface area (Å²) in [5.74, 6) is 0.827. The third-order valence-corrected chi connectivity index (χ3v) is 3.44. The van der Waals surface area contributed by atoms with E-state index in [0.29, 0.717) is 6.54 Å². The van der Waals surface area contributed by atoms with Crippen LogP contribution in [0.25, 0.3) is 11.0 Å². The first-order valence-electron chi connectivity index (χ1n) is 6.57. The van der Waals surface area contributed by atoms with Crippen molar-refractivity contribution < 1.29 is 4.74 Å². The quantitative estimate of drug-likeness (QED) is 0.790. The van der Waals surface area contributed by atoms with E-state index in [1.165, 1.54) is 0 Å². The molecule has 0 aliphatic carbocycles. The lowest BCUT2D eigenvalue weighted by atomic mass is 10.1. The van der Waals surface area contributed by atoms with Gasteiger partial charge in [0.25, 0.3) is 0 Å². The summed E-state index contributed by atoms with van der Waals surface area (Å²) in [6.45, 7) is 0.688. The highest BCUT2D eigenvalue weighted by molar-refractivity contribution is 5.74. The number of fused-ring (bicyclic) bond motifs is 1. The number of benzene rings is 2. The Morgan fingerprint density at radius 1 is 1.20 bits per heavy atom. The number of methoxy groups -OCH3 is 1. The molecule has 3 rings (SSSR count). The van der Waals surface area contributed by atoms with Crippen LogP contribution in [0.1, 0.15) is 11.6 Å². The lowest BCUT2D eigenvalue weighted by molar-refractivity contribution is 0.413. The van der Waals surface area contributed by atoms with Gasteiger partial charge in [0, 0.05) is 12.6 Å². The van der Waals surface area contributed by atoms with E-state index in [2.05, 4.69) is 15.6 Å². The molecule has 0 saturated heterocycles. The van der Waals surface area contributed by atoms with Crippen LogP contribution in [-0.4, -0.2) is 16.7 Å². The second-order valence-corrected chi connectivity index (χ2v) is 4.77. The lowest BCUT2D eigenvalue weighted by Crippen LogP contribution is -2.17. The number of imidazole rings is 1. The van der Waals surface area contributed by atoms with Crippen LogP contribution in [0.4, 0.5) is 0 Å². The van der Waals surface area contributed by atoms with Crippen LogP contribution in [0.3, 0.4) is 0 Å². The van der Waals surface area contributed by atoms with Crippen LogP contribution in [0.15, 0.2) is 54.9 Å². The van der Waals surface area contributed by atoms with E-state index in [1.807, 2.05) is 48.8 Å². The van der Waals surface area contributed by atoms with Crippen molar-refractivity contribution in [1.29, 1.82) is 0 Å². The van der Waals surface area contributed by atoms with Gasteiger partial charge in [0.15, 0.2) is 0 Å². The number of para-hydroxylation sites is 2. The zero-order valence-electron chi connectivity index (χ0n) is 11.4. The van der Waals surface area contributed by atoms with E-state index in [-0.39, 0.29) is 6.04 Å². The molecule has 0 fully saturated rings. The Bertz CT molecular complexity index is 720. The fourth-order valence-corrected chi connectivity index (χ4v) is 2.35. The maximum absolute atomic E-state index is 6.30. The molecular formula is C16H17N3O. The van der Waals surface area contributed by atoms with E-state index in [1.54, 1.807) is 7.11 Å². The molecule has 0 saturated carbocycles. The van der Waals surface area contributed by atoms with Crippen LogP contribution < -0.4 is 10.5 Å². The molecule has 0 radical (unpaired) electrons. The minimum absolute atomic E-state index is 0.0947. The van der Waals surface area contributed by atoms with Gasteiger partial charge in [-0.2, -0.15) is 0 Å². The monoisotopic (exact) mass is 267 g/mol. The summed E-state index contributed by atoms with van der Waals surface area (Å²) in [6, 6.07) is 15.8. The molecular weight excluding hydrogens is 250 g/mol. The number of hydrogen-bond acceptors (Lipinski definition) is 3. The molecule has 1 atom stereocenters. The van der Waals surface area contributed by atoms with Crippen molar-refractivity contribution in [2.45, 2.75) is 12.6 Å². The number of ether oxygens (including phenoxy) is 1. The van der Waals surface area contributed by atoms with Crippen molar-refractivity contribution in [3.8, 4) is 5.75 Å². The van der Waals surface area contributed by atoms with Crippen molar-refractivity contribution in [3.63, 3.8) is 0 Å². The van der Waals surface area contributed by atoms with Gasteiger partial charge < -0.3 is 15.0 Å². The molecule has 1 unspecified atom stereocenters. The molecule has 4 heteroatoms. The summed E-state index contributed by atoms with van der Waals surface area (Å²) in [5, 5.41) is 0. The highest BCUT2D eigenvalue weighted by Crippen LogP contribution is 2.20. The van der Waals surface area contributed by atoms with Crippen LogP contribution in [0.2, 0.25) is 0 Å². The molecule has 0 amide bonds. The molecule has 3 aromatic rings. The largest absolute Gasteiger partial charge is 0.497 e. The average molecular weight is 267 g/mol. The van der Waals surface area contributed by atoms with Crippen LogP contribution in [0, 0.1) is 0 Å². The maximum Gasteiger partial charge on any atom is 0.119 e. The Balaban J connectivity index is 1.86. The molecule has 1 aromatic heterocycles. The number of aromatic nitrogens is 2. The average Bonchev–Trinajstić information content (AvgIpc) is 2.90. The van der Waals surface area contributed by atoms with Crippen LogP contribution >= 0.6 is 0 Å². The number of nitrogens with zero attached hydrogens (tertiary/aromatic N) is 2. The summed E-state index contributed by atoms with van der Waals surface area (Å²) in [5.41, 5.74) is 9.45. The van der Waals surface area contributed by atoms with E-state index < -0.39 is 0 Å². The molecule has 4 nitrogen and oxygen atoms in total. The topological polar surface area (TPSA) is 53.1 Å². The molecule has 0 spiro atoms. The molecule has 2 N–H and O–H groups in total. The standard InChI is InChI=1S/C16H17N3O/c1-20-13-6-4-5-12(9-13)14(17)10-19-11-18-15-7-2-3-8-16(15)19/h2-9,11,14H,10,17H2,1H3. The summed E-state index contributed by atoms with van der Waals surface area (Å²) in [7, 11) is 1.66. The van der Waals surface area contributed by atoms with Crippen molar-refractivity contribution in [3.05, 3.63) is 60.4 Å². The smallest absolute Gasteiger partial charge is 0.119 e. The predicted octanol–water partition coefficient (Wildman–Crippen LogP) is 2.74. The van der Waals surface area contributed by atoms with Crippen molar-refractivity contribution in [1.82, 2.24) is 9.55 Å². The molecule has 0 aliphatic heterocycles. The second-order valence-electron chi connectivity index (χ2n) is 4.77. The minimum Gasteiger partial charge on any atom is -0.497 e. The summed E-state index contributed by atoms with van der Waals surface area (Å²) >= 11 is 0. The molecule has 2 aromatic carbocycles. The Kier molecular flexibility index (Phi) is 3.39. The summed E-state index contributed by atoms with van der Waals surface area (Å²) in [6.07, 6.45) is 1.84. The highest BCUT2D eigenvalue weighted by atomic mass is 16.5. The predicted molar refractivity (Wildman–Crippen MR) is 79.7 cm³/mol. The second kappa shape index (κ2) is 5.35. The first-order valence-corrected chi connectivity index (χ1v) is 6.57. The normalized spacial score (nSPS) is 12.5. The lowest BCUT2D eigenvalue weighted by Gasteiger charge is -2.14. The van der Waals surface area contributed by atoms with Crippen molar-refractivity contribution in [2.75, 3.05) is 7.11 Å². The van der Waals surface area contributed by atoms with Gasteiger partial charge in [-0.1, -0.05) is 24.3 Å². The van der Waals surface area contributed by atoms with Gasteiger partial charge >= 0.3 is 0 Å². The fraction of sp³-hybridized carbons (Fsp3) is 0.188. The van der Waals surface area contributed by atoms with E-state index in [0.717, 1.165) is 22.3 Å². The van der Waals surface area contributed by atoms with Gasteiger partial charge in [-0.15, -0.1) is 0 Å². The Morgan fingerprint density at radius 2 is 2.05 bits per heavy atom. The van der Waals surface area contributed by atoms with Crippen LogP contribution in [-0.2, 0) is 6.54 Å². The maximum atomic E-state index is 6.30. The van der Waals surface area contributed by atoms with Gasteiger partial charge in [-0.3, -0.25) is 0 Å². The minimum atomic E-state index is -0.0947. The van der Waals surface area contributed by atoms with Gasteiger partial charge in [-0.25, -0.2) is 4.98 Å². The molecule has 0 bridgehead atoms. The van der Waals surface area contributed by atoms with Crippen molar-refractivity contribution in [2.24, 2.45) is 5.73 Å². The summed E-state index contributed by atoms with van der Waals surface area (Å²) in [4.78, 5) is 4.38. The number of nitrogens with two attached hydrogens (primary N) is 1. The van der Waals surface area contributed by atoms with E-state index >= 15 is 0 Å². The van der Waals surface area contributed by atoms with Gasteiger partial charge in [0.2, 0.25) is 0 Å². The van der Waals surface area contributed by atoms with Gasteiger partial charge in [0.05, 0.1) is 24.5 Å². The number of hydrogen-bond donors (Lipinski definition) is 1. The van der Waals surface area contributed by atoms with E-state index in [4.69, 9.17) is 10.5 Å². The highest BCUT2D eigenvalue weighted by Gasteiger charge is 2.10. The van der Waals surface area contributed by atoms with Crippen molar-refractivity contribution >= 4 is 11.0 Å². The molecule has 102 valence electrons. The van der Waals surface area contributed by atoms with Crippen LogP contribution in [0.5, 0.6) is 5.75 Å². The van der Waals surface area contributed by atoms with Gasteiger partial charge in [-0.05, 0) is 29.8 Å². The Hall–Kier alpha value is -2.33. The zero-order chi connectivity index (χ0) is 13.9.